The maximum atomic E-state index is 5.82. The Labute approximate surface area is 160 Å². The Kier molecular flexibility index (Phi) is 6.22. The predicted molar refractivity (Wildman–Crippen MR) is 106 cm³/mol. The summed E-state index contributed by atoms with van der Waals surface area (Å²) in [6.45, 7) is 8.30. The smallest absolute Gasteiger partial charge is 0.119 e. The molecule has 140 valence electrons. The van der Waals surface area contributed by atoms with Crippen molar-refractivity contribution >= 4 is 11.3 Å². The third-order valence-corrected chi connectivity index (χ3v) is 6.36. The molecular weight excluding hydrogens is 344 g/mol. The topological polar surface area (TPSA) is 24.9 Å². The number of benzene rings is 1. The molecule has 3 heterocycles. The molecule has 2 aliphatic heterocycles. The molecule has 0 spiro atoms. The second kappa shape index (κ2) is 9.00. The summed E-state index contributed by atoms with van der Waals surface area (Å²) in [5.74, 6) is 0.964. The van der Waals surface area contributed by atoms with Crippen molar-refractivity contribution in [3.05, 3.63) is 52.2 Å². The van der Waals surface area contributed by atoms with E-state index in [0.717, 1.165) is 58.2 Å². The van der Waals surface area contributed by atoms with Gasteiger partial charge in [-0.1, -0.05) is 18.2 Å². The van der Waals surface area contributed by atoms with E-state index in [1.807, 2.05) is 41.7 Å². The van der Waals surface area contributed by atoms with E-state index < -0.39 is 0 Å². The molecule has 5 heteroatoms. The van der Waals surface area contributed by atoms with E-state index in [2.05, 4.69) is 21.9 Å². The number of ether oxygens (including phenoxy) is 2. The number of hydrogen-bond donors (Lipinski definition) is 0. The predicted octanol–water partition coefficient (Wildman–Crippen LogP) is 3.80. The van der Waals surface area contributed by atoms with E-state index in [1.54, 1.807) is 0 Å². The maximum Gasteiger partial charge on any atom is 0.119 e. The molecule has 1 aromatic carbocycles. The summed E-state index contributed by atoms with van der Waals surface area (Å²) in [6, 6.07) is 14.7. The van der Waals surface area contributed by atoms with Gasteiger partial charge in [-0.25, -0.2) is 0 Å². The normalized spacial score (nSPS) is 21.9. The van der Waals surface area contributed by atoms with Crippen molar-refractivity contribution in [2.75, 3.05) is 45.9 Å². The van der Waals surface area contributed by atoms with Crippen LogP contribution >= 0.6 is 11.3 Å². The minimum atomic E-state index is 0.357. The van der Waals surface area contributed by atoms with Crippen molar-refractivity contribution in [2.45, 2.75) is 25.5 Å². The Morgan fingerprint density at radius 3 is 2.58 bits per heavy atom. The van der Waals surface area contributed by atoms with Crippen LogP contribution in [0.25, 0.3) is 0 Å². The van der Waals surface area contributed by atoms with Crippen LogP contribution in [0.5, 0.6) is 5.75 Å². The minimum absolute atomic E-state index is 0.357. The Morgan fingerprint density at radius 2 is 1.81 bits per heavy atom. The van der Waals surface area contributed by atoms with Gasteiger partial charge in [0.15, 0.2) is 0 Å². The van der Waals surface area contributed by atoms with Crippen LogP contribution in [0.4, 0.5) is 0 Å². The molecule has 2 fully saturated rings. The van der Waals surface area contributed by atoms with E-state index in [4.69, 9.17) is 9.47 Å². The van der Waals surface area contributed by atoms with Gasteiger partial charge in [-0.3, -0.25) is 9.80 Å². The summed E-state index contributed by atoms with van der Waals surface area (Å²) in [6.07, 6.45) is 2.74. The van der Waals surface area contributed by atoms with Crippen molar-refractivity contribution in [1.29, 1.82) is 0 Å². The van der Waals surface area contributed by atoms with Gasteiger partial charge in [0.1, 0.15) is 12.4 Å². The standard InChI is InChI=1S/C21H28N2O2S/c1-2-5-18(6-3-1)24-16-14-22-10-12-23(13-11-22)17-19-8-9-21(26-19)20-7-4-15-25-20/h1-3,5-6,8-9,20H,4,7,10-17H2/t20-/m0/s1. The average molecular weight is 373 g/mol. The van der Waals surface area contributed by atoms with Gasteiger partial charge in [-0.2, -0.15) is 0 Å². The number of thiophene rings is 1. The molecule has 0 radical (unpaired) electrons. The van der Waals surface area contributed by atoms with Gasteiger partial charge in [0.2, 0.25) is 0 Å². The molecule has 26 heavy (non-hydrogen) atoms. The summed E-state index contributed by atoms with van der Waals surface area (Å²) < 4.78 is 11.6. The van der Waals surface area contributed by atoms with Crippen molar-refractivity contribution in [3.63, 3.8) is 0 Å². The molecule has 4 nitrogen and oxygen atoms in total. The fourth-order valence-electron chi connectivity index (χ4n) is 3.66. The van der Waals surface area contributed by atoms with Gasteiger partial charge in [-0.05, 0) is 37.1 Å². The largest absolute Gasteiger partial charge is 0.492 e. The van der Waals surface area contributed by atoms with E-state index in [9.17, 15) is 0 Å². The fourth-order valence-corrected chi connectivity index (χ4v) is 4.79. The maximum absolute atomic E-state index is 5.82. The first-order valence-electron chi connectivity index (χ1n) is 9.69. The van der Waals surface area contributed by atoms with Crippen molar-refractivity contribution in [1.82, 2.24) is 9.80 Å². The molecule has 2 aromatic rings. The monoisotopic (exact) mass is 372 g/mol. The Balaban J connectivity index is 1.17. The lowest BCUT2D eigenvalue weighted by molar-refractivity contribution is 0.113. The van der Waals surface area contributed by atoms with Crippen molar-refractivity contribution in [3.8, 4) is 5.75 Å². The molecule has 0 saturated carbocycles. The zero-order valence-electron chi connectivity index (χ0n) is 15.3. The first-order valence-corrected chi connectivity index (χ1v) is 10.5. The lowest BCUT2D eigenvalue weighted by Gasteiger charge is -2.34. The third-order valence-electron chi connectivity index (χ3n) is 5.19. The number of nitrogens with zero attached hydrogens (tertiary/aromatic N) is 2. The van der Waals surface area contributed by atoms with Gasteiger partial charge in [0, 0.05) is 55.6 Å². The summed E-state index contributed by atoms with van der Waals surface area (Å²) in [4.78, 5) is 7.95. The average Bonchev–Trinajstić information content (AvgIpc) is 3.36. The molecule has 4 rings (SSSR count). The second-order valence-corrected chi connectivity index (χ2v) is 8.28. The first kappa shape index (κ1) is 18.0. The molecule has 0 unspecified atom stereocenters. The highest BCUT2D eigenvalue weighted by Crippen LogP contribution is 2.33. The van der Waals surface area contributed by atoms with Crippen LogP contribution in [-0.4, -0.2) is 55.7 Å². The molecule has 2 saturated heterocycles. The van der Waals surface area contributed by atoms with Gasteiger partial charge in [0.25, 0.3) is 0 Å². The highest BCUT2D eigenvalue weighted by Gasteiger charge is 2.21. The highest BCUT2D eigenvalue weighted by molar-refractivity contribution is 7.12. The quantitative estimate of drug-likeness (QED) is 0.738. The molecule has 1 aromatic heterocycles. The van der Waals surface area contributed by atoms with Crippen LogP contribution < -0.4 is 4.74 Å². The van der Waals surface area contributed by atoms with Crippen LogP contribution in [0, 0.1) is 0 Å². The summed E-state index contributed by atoms with van der Waals surface area (Å²) >= 11 is 1.94. The van der Waals surface area contributed by atoms with Crippen LogP contribution in [0.3, 0.4) is 0 Å². The minimum Gasteiger partial charge on any atom is -0.492 e. The van der Waals surface area contributed by atoms with Crippen LogP contribution in [0.1, 0.15) is 28.7 Å². The van der Waals surface area contributed by atoms with Crippen molar-refractivity contribution < 1.29 is 9.47 Å². The molecule has 0 amide bonds. The second-order valence-electron chi connectivity index (χ2n) is 7.09. The van der Waals surface area contributed by atoms with Gasteiger partial charge >= 0.3 is 0 Å². The van der Waals surface area contributed by atoms with E-state index >= 15 is 0 Å². The zero-order chi connectivity index (χ0) is 17.6. The van der Waals surface area contributed by atoms with E-state index in [0.29, 0.717) is 6.10 Å². The molecule has 0 N–H and O–H groups in total. The van der Waals surface area contributed by atoms with Crippen LogP contribution in [-0.2, 0) is 11.3 Å². The molecule has 1 atom stereocenters. The van der Waals surface area contributed by atoms with Crippen LogP contribution in [0.15, 0.2) is 42.5 Å². The Morgan fingerprint density at radius 1 is 1.00 bits per heavy atom. The summed E-state index contributed by atoms with van der Waals surface area (Å²) in [5, 5.41) is 0. The molecular formula is C21H28N2O2S. The number of piperazine rings is 1. The van der Waals surface area contributed by atoms with Crippen molar-refractivity contribution in [2.24, 2.45) is 0 Å². The van der Waals surface area contributed by atoms with Crippen LogP contribution in [0.2, 0.25) is 0 Å². The number of hydrogen-bond acceptors (Lipinski definition) is 5. The number of para-hydroxylation sites is 1. The summed E-state index contributed by atoms with van der Waals surface area (Å²) in [7, 11) is 0. The zero-order valence-corrected chi connectivity index (χ0v) is 16.1. The Bertz CT molecular complexity index is 662. The molecule has 0 bridgehead atoms. The van der Waals surface area contributed by atoms with E-state index in [1.165, 1.54) is 22.6 Å². The number of rotatable bonds is 7. The summed E-state index contributed by atoms with van der Waals surface area (Å²) in [5.41, 5.74) is 0. The fraction of sp³-hybridized carbons (Fsp3) is 0.524. The Hall–Kier alpha value is -1.40. The van der Waals surface area contributed by atoms with Gasteiger partial charge < -0.3 is 9.47 Å². The van der Waals surface area contributed by atoms with Gasteiger partial charge in [0.05, 0.1) is 6.10 Å². The first-order chi connectivity index (χ1) is 12.9. The highest BCUT2D eigenvalue weighted by atomic mass is 32.1. The van der Waals surface area contributed by atoms with Gasteiger partial charge in [-0.15, -0.1) is 11.3 Å². The third kappa shape index (κ3) is 4.86. The molecule has 0 aliphatic carbocycles. The molecule has 2 aliphatic rings. The van der Waals surface area contributed by atoms with E-state index in [-0.39, 0.29) is 0 Å². The SMILES string of the molecule is c1ccc(OCCN2CCN(Cc3ccc([C@@H]4CCCO4)s3)CC2)cc1. The lowest BCUT2D eigenvalue weighted by Crippen LogP contribution is -2.46. The lowest BCUT2D eigenvalue weighted by atomic mass is 10.2.